The van der Waals surface area contributed by atoms with E-state index in [0.717, 1.165) is 30.4 Å². The fraction of sp³-hybridized carbons (Fsp3) is 0.333. The molecule has 136 valence electrons. The number of nitrogens with zero attached hydrogens (tertiary/aromatic N) is 2. The van der Waals surface area contributed by atoms with E-state index in [-0.39, 0.29) is 29.3 Å². The third-order valence-electron chi connectivity index (χ3n) is 6.46. The Morgan fingerprint density at radius 2 is 1.30 bits per heavy atom. The Morgan fingerprint density at radius 3 is 1.78 bits per heavy atom. The average Bonchev–Trinajstić information content (AvgIpc) is 3.36. The van der Waals surface area contributed by atoms with Crippen LogP contribution in [0.25, 0.3) is 11.1 Å². The van der Waals surface area contributed by atoms with Crippen molar-refractivity contribution in [2.75, 3.05) is 4.90 Å². The number of amides is 2. The van der Waals surface area contributed by atoms with Crippen LogP contribution in [-0.2, 0) is 9.59 Å². The molecule has 2 aliphatic carbocycles. The van der Waals surface area contributed by atoms with Crippen LogP contribution < -0.4 is 4.90 Å². The van der Waals surface area contributed by atoms with Crippen molar-refractivity contribution in [1.82, 2.24) is 0 Å². The van der Waals surface area contributed by atoms with Crippen molar-refractivity contribution >= 4 is 23.2 Å². The SMILES string of the molecule is O=C1[C@@H]2[C@@H]3CC[C@@H](C3)[C@@H]2C(=O)N1c1ccc(-c2ccc([N+](=O)[O-])cc2)cc1. The largest absolute Gasteiger partial charge is 0.274 e. The molecule has 3 fully saturated rings. The summed E-state index contributed by atoms with van der Waals surface area (Å²) in [6.07, 6.45) is 3.16. The van der Waals surface area contributed by atoms with E-state index in [1.54, 1.807) is 24.3 Å². The Bertz CT molecular complexity index is 923. The van der Waals surface area contributed by atoms with Gasteiger partial charge >= 0.3 is 0 Å². The molecule has 1 saturated heterocycles. The van der Waals surface area contributed by atoms with E-state index in [4.69, 9.17) is 0 Å². The van der Waals surface area contributed by atoms with Crippen molar-refractivity contribution in [3.05, 3.63) is 58.6 Å². The smallest absolute Gasteiger partial charge is 0.269 e. The summed E-state index contributed by atoms with van der Waals surface area (Å²) in [6, 6.07) is 13.6. The first-order chi connectivity index (χ1) is 13.0. The van der Waals surface area contributed by atoms with Crippen molar-refractivity contribution in [3.63, 3.8) is 0 Å². The maximum Gasteiger partial charge on any atom is 0.269 e. The van der Waals surface area contributed by atoms with E-state index in [1.807, 2.05) is 12.1 Å². The molecular weight excluding hydrogens is 344 g/mol. The Labute approximate surface area is 155 Å². The first kappa shape index (κ1) is 16.2. The lowest BCUT2D eigenvalue weighted by Crippen LogP contribution is -2.32. The number of hydrogen-bond donors (Lipinski definition) is 0. The summed E-state index contributed by atoms with van der Waals surface area (Å²) in [7, 11) is 0. The highest BCUT2D eigenvalue weighted by Crippen LogP contribution is 2.56. The second-order valence-corrected chi connectivity index (χ2v) is 7.75. The Morgan fingerprint density at radius 1 is 0.815 bits per heavy atom. The number of hydrogen-bond acceptors (Lipinski definition) is 4. The predicted octanol–water partition coefficient (Wildman–Crippen LogP) is 3.80. The molecule has 4 atom stereocenters. The number of nitro benzene ring substituents is 1. The van der Waals surface area contributed by atoms with Crippen LogP contribution in [0.15, 0.2) is 48.5 Å². The van der Waals surface area contributed by atoms with E-state index in [9.17, 15) is 19.7 Å². The van der Waals surface area contributed by atoms with Crippen LogP contribution in [0, 0.1) is 33.8 Å². The van der Waals surface area contributed by atoms with Crippen LogP contribution in [0.1, 0.15) is 19.3 Å². The molecule has 2 aromatic carbocycles. The number of imide groups is 1. The molecule has 1 heterocycles. The van der Waals surface area contributed by atoms with Crippen molar-refractivity contribution in [2.24, 2.45) is 23.7 Å². The molecule has 0 N–H and O–H groups in total. The summed E-state index contributed by atoms with van der Waals surface area (Å²) in [4.78, 5) is 37.5. The topological polar surface area (TPSA) is 80.5 Å². The maximum atomic E-state index is 12.9. The van der Waals surface area contributed by atoms with Gasteiger partial charge in [-0.3, -0.25) is 24.6 Å². The molecule has 2 aromatic rings. The molecule has 6 nitrogen and oxygen atoms in total. The third kappa shape index (κ3) is 2.32. The highest BCUT2D eigenvalue weighted by Gasteiger charge is 2.61. The Hall–Kier alpha value is -3.02. The summed E-state index contributed by atoms with van der Waals surface area (Å²) < 4.78 is 0. The van der Waals surface area contributed by atoms with Crippen molar-refractivity contribution < 1.29 is 14.5 Å². The van der Waals surface area contributed by atoms with Gasteiger partial charge in [-0.05, 0) is 66.5 Å². The minimum absolute atomic E-state index is 0.0414. The van der Waals surface area contributed by atoms with E-state index >= 15 is 0 Å². The molecule has 2 bridgehead atoms. The molecule has 27 heavy (non-hydrogen) atoms. The molecule has 2 amide bonds. The fourth-order valence-corrected chi connectivity index (χ4v) is 5.24. The van der Waals surface area contributed by atoms with Gasteiger partial charge in [0.25, 0.3) is 5.69 Å². The van der Waals surface area contributed by atoms with Gasteiger partial charge in [0.05, 0.1) is 22.4 Å². The third-order valence-corrected chi connectivity index (χ3v) is 6.46. The molecule has 6 heteroatoms. The number of anilines is 1. The van der Waals surface area contributed by atoms with Crippen LogP contribution in [-0.4, -0.2) is 16.7 Å². The zero-order valence-corrected chi connectivity index (χ0v) is 14.6. The molecule has 0 spiro atoms. The van der Waals surface area contributed by atoms with E-state index in [2.05, 4.69) is 0 Å². The monoisotopic (exact) mass is 362 g/mol. The van der Waals surface area contributed by atoms with Gasteiger partial charge in [0, 0.05) is 12.1 Å². The molecule has 0 aromatic heterocycles. The van der Waals surface area contributed by atoms with Crippen LogP contribution in [0.3, 0.4) is 0 Å². The lowest BCUT2D eigenvalue weighted by molar-refractivity contribution is -0.384. The summed E-state index contributed by atoms with van der Waals surface area (Å²) in [5, 5.41) is 10.8. The molecule has 1 aliphatic heterocycles. The van der Waals surface area contributed by atoms with Crippen molar-refractivity contribution in [2.45, 2.75) is 19.3 Å². The van der Waals surface area contributed by atoms with E-state index in [0.29, 0.717) is 17.5 Å². The zero-order valence-electron chi connectivity index (χ0n) is 14.6. The van der Waals surface area contributed by atoms with Gasteiger partial charge in [-0.25, -0.2) is 0 Å². The number of non-ortho nitro benzene ring substituents is 1. The van der Waals surface area contributed by atoms with Gasteiger partial charge in [-0.2, -0.15) is 0 Å². The van der Waals surface area contributed by atoms with Crippen LogP contribution in [0.5, 0.6) is 0 Å². The van der Waals surface area contributed by atoms with Gasteiger partial charge in [-0.1, -0.05) is 12.1 Å². The number of nitro groups is 1. The lowest BCUT2D eigenvalue weighted by atomic mass is 9.81. The van der Waals surface area contributed by atoms with E-state index < -0.39 is 4.92 Å². The second-order valence-electron chi connectivity index (χ2n) is 7.75. The van der Waals surface area contributed by atoms with Gasteiger partial charge < -0.3 is 0 Å². The minimum Gasteiger partial charge on any atom is -0.274 e. The lowest BCUT2D eigenvalue weighted by Gasteiger charge is -2.19. The number of benzene rings is 2. The summed E-state index contributed by atoms with van der Waals surface area (Å²) >= 11 is 0. The maximum absolute atomic E-state index is 12.9. The fourth-order valence-electron chi connectivity index (χ4n) is 5.24. The number of fused-ring (bicyclic) bond motifs is 5. The van der Waals surface area contributed by atoms with Crippen LogP contribution in [0.4, 0.5) is 11.4 Å². The molecule has 5 rings (SSSR count). The second kappa shape index (κ2) is 5.74. The molecule has 0 radical (unpaired) electrons. The van der Waals surface area contributed by atoms with Gasteiger partial charge in [0.15, 0.2) is 0 Å². The first-order valence-electron chi connectivity index (χ1n) is 9.27. The highest BCUT2D eigenvalue weighted by atomic mass is 16.6. The minimum atomic E-state index is -0.429. The first-order valence-corrected chi connectivity index (χ1v) is 9.27. The van der Waals surface area contributed by atoms with Crippen LogP contribution >= 0.6 is 0 Å². The zero-order chi connectivity index (χ0) is 18.7. The molecular formula is C21H18N2O4. The van der Waals surface area contributed by atoms with Crippen molar-refractivity contribution in [3.8, 4) is 11.1 Å². The summed E-state index contributed by atoms with van der Waals surface area (Å²) in [6.45, 7) is 0. The average molecular weight is 362 g/mol. The summed E-state index contributed by atoms with van der Waals surface area (Å²) in [5.41, 5.74) is 2.39. The highest BCUT2D eigenvalue weighted by molar-refractivity contribution is 6.22. The van der Waals surface area contributed by atoms with Gasteiger partial charge in [-0.15, -0.1) is 0 Å². The summed E-state index contributed by atoms with van der Waals surface area (Å²) in [5.74, 6) is 0.429. The predicted molar refractivity (Wildman–Crippen MR) is 98.8 cm³/mol. The molecule has 2 saturated carbocycles. The normalized spacial score (nSPS) is 28.7. The number of carbonyl (C=O) groups excluding carboxylic acids is 2. The van der Waals surface area contributed by atoms with E-state index in [1.165, 1.54) is 17.0 Å². The van der Waals surface area contributed by atoms with Crippen molar-refractivity contribution in [1.29, 1.82) is 0 Å². The Kier molecular flexibility index (Phi) is 3.44. The van der Waals surface area contributed by atoms with Gasteiger partial charge in [0.1, 0.15) is 0 Å². The molecule has 3 aliphatic rings. The Balaban J connectivity index is 1.41. The van der Waals surface area contributed by atoms with Gasteiger partial charge in [0.2, 0.25) is 11.8 Å². The number of carbonyl (C=O) groups is 2. The van der Waals surface area contributed by atoms with Crippen LogP contribution in [0.2, 0.25) is 0 Å². The quantitative estimate of drug-likeness (QED) is 0.472. The standard InChI is InChI=1S/C21H18N2O4/c24-20-18-14-1-2-15(11-14)19(18)21(25)22(20)16-7-3-12(4-8-16)13-5-9-17(10-6-13)23(26)27/h3-10,14-15,18-19H,1-2,11H2/t14-,15+,18-,19+. The molecule has 0 unspecified atom stereocenters. The number of rotatable bonds is 3.